The van der Waals surface area contributed by atoms with Crippen molar-refractivity contribution in [2.75, 3.05) is 19.0 Å². The molecule has 4 rings (SSSR count). The van der Waals surface area contributed by atoms with Crippen molar-refractivity contribution in [2.24, 2.45) is 11.7 Å². The fourth-order valence-corrected chi connectivity index (χ4v) is 5.41. The smallest absolute Gasteiger partial charge is 0.275 e. The number of fused-ring (bicyclic) bond motifs is 2. The summed E-state index contributed by atoms with van der Waals surface area (Å²) >= 11 is 7.60. The molecule has 1 aliphatic carbocycles. The lowest BCUT2D eigenvalue weighted by molar-refractivity contribution is -0.123. The van der Waals surface area contributed by atoms with Gasteiger partial charge in [-0.05, 0) is 42.9 Å². The van der Waals surface area contributed by atoms with Crippen molar-refractivity contribution in [1.82, 2.24) is 9.88 Å². The van der Waals surface area contributed by atoms with Gasteiger partial charge >= 0.3 is 0 Å². The first-order chi connectivity index (χ1) is 12.9. The molecule has 3 atom stereocenters. The van der Waals surface area contributed by atoms with E-state index in [2.05, 4.69) is 4.98 Å². The number of nitrogens with zero attached hydrogens (tertiary/aromatic N) is 3. The molecule has 1 aromatic heterocycles. The van der Waals surface area contributed by atoms with Crippen LogP contribution in [0.25, 0.3) is 10.4 Å². The second-order valence-corrected chi connectivity index (χ2v) is 8.78. The van der Waals surface area contributed by atoms with Crippen LogP contribution < -0.4 is 10.6 Å². The molecule has 1 saturated heterocycles. The Morgan fingerprint density at radius 2 is 2.11 bits per heavy atom. The lowest BCUT2D eigenvalue weighted by Gasteiger charge is -2.33. The van der Waals surface area contributed by atoms with Crippen LogP contribution in [0.4, 0.5) is 5.13 Å². The summed E-state index contributed by atoms with van der Waals surface area (Å²) in [5, 5.41) is 1.33. The summed E-state index contributed by atoms with van der Waals surface area (Å²) in [7, 11) is 3.78. The molecule has 2 N–H and O–H groups in total. The third-order valence-corrected chi connectivity index (χ3v) is 6.91. The number of hydrogen-bond acceptors (Lipinski definition) is 5. The van der Waals surface area contributed by atoms with Crippen LogP contribution in [0.1, 0.15) is 29.8 Å². The molecular weight excluding hydrogens is 384 g/mol. The predicted octanol–water partition coefficient (Wildman–Crippen LogP) is 3.01. The number of nitrogens with two attached hydrogens (primary N) is 1. The number of rotatable bonds is 4. The van der Waals surface area contributed by atoms with E-state index in [1.54, 1.807) is 11.0 Å². The molecule has 6 nitrogen and oxygen atoms in total. The summed E-state index contributed by atoms with van der Waals surface area (Å²) in [5.41, 5.74) is 6.85. The summed E-state index contributed by atoms with van der Waals surface area (Å²) in [6, 6.07) is 6.92. The average molecular weight is 405 g/mol. The quantitative estimate of drug-likeness (QED) is 0.849. The van der Waals surface area contributed by atoms with Gasteiger partial charge in [-0.3, -0.25) is 9.59 Å². The number of aromatic nitrogens is 1. The van der Waals surface area contributed by atoms with Crippen LogP contribution >= 0.6 is 22.9 Å². The molecule has 8 heteroatoms. The Balaban J connectivity index is 1.78. The monoisotopic (exact) mass is 404 g/mol. The van der Waals surface area contributed by atoms with Crippen molar-refractivity contribution in [3.8, 4) is 10.4 Å². The van der Waals surface area contributed by atoms with Crippen LogP contribution in [-0.4, -0.2) is 47.9 Å². The molecular formula is C19H21ClN4O2S. The van der Waals surface area contributed by atoms with Gasteiger partial charge in [0.2, 0.25) is 5.91 Å². The maximum absolute atomic E-state index is 13.5. The zero-order valence-electron chi connectivity index (χ0n) is 15.2. The second-order valence-electron chi connectivity index (χ2n) is 7.37. The van der Waals surface area contributed by atoms with Gasteiger partial charge in [0.25, 0.3) is 5.91 Å². The van der Waals surface area contributed by atoms with E-state index in [1.165, 1.54) is 11.3 Å². The van der Waals surface area contributed by atoms with E-state index in [1.807, 2.05) is 37.2 Å². The zero-order chi connectivity index (χ0) is 19.3. The van der Waals surface area contributed by atoms with Crippen LogP contribution in [0.5, 0.6) is 0 Å². The number of amides is 2. The fraction of sp³-hybridized carbons (Fsp3) is 0.421. The van der Waals surface area contributed by atoms with Gasteiger partial charge < -0.3 is 15.5 Å². The molecule has 1 aromatic carbocycles. The number of hydrogen-bond donors (Lipinski definition) is 1. The Morgan fingerprint density at radius 1 is 1.33 bits per heavy atom. The number of carbonyl (C=O) groups is 2. The molecule has 2 aliphatic rings. The van der Waals surface area contributed by atoms with Crippen molar-refractivity contribution in [3.05, 3.63) is 35.0 Å². The summed E-state index contributed by atoms with van der Waals surface area (Å²) in [5.74, 6) is -0.480. The Kier molecular flexibility index (Phi) is 4.60. The Morgan fingerprint density at radius 3 is 2.78 bits per heavy atom. The van der Waals surface area contributed by atoms with Gasteiger partial charge in [-0.25, -0.2) is 4.98 Å². The largest absolute Gasteiger partial charge is 0.368 e. The third-order valence-electron chi connectivity index (χ3n) is 5.40. The first-order valence-electron chi connectivity index (χ1n) is 8.93. The maximum Gasteiger partial charge on any atom is 0.275 e. The lowest BCUT2D eigenvalue weighted by atomic mass is 9.97. The minimum Gasteiger partial charge on any atom is -0.368 e. The molecule has 2 aromatic rings. The summed E-state index contributed by atoms with van der Waals surface area (Å²) in [6.07, 6.45) is 2.71. The van der Waals surface area contributed by atoms with E-state index in [0.717, 1.165) is 34.8 Å². The molecule has 3 unspecified atom stereocenters. The number of piperidine rings is 1. The van der Waals surface area contributed by atoms with Gasteiger partial charge in [0.05, 0.1) is 4.88 Å². The van der Waals surface area contributed by atoms with Gasteiger partial charge in [-0.15, -0.1) is 0 Å². The number of likely N-dealkylation sites (tertiary alicyclic amines) is 1. The van der Waals surface area contributed by atoms with Crippen LogP contribution in [0, 0.1) is 5.92 Å². The Hall–Kier alpha value is -2.12. The third kappa shape index (κ3) is 3.08. The average Bonchev–Trinajstić information content (AvgIpc) is 3.34. The highest BCUT2D eigenvalue weighted by atomic mass is 35.5. The molecule has 0 radical (unpaired) electrons. The minimum absolute atomic E-state index is 0.0664. The number of carbonyl (C=O) groups excluding carboxylic acids is 2. The lowest BCUT2D eigenvalue weighted by Crippen LogP contribution is -2.51. The highest BCUT2D eigenvalue weighted by molar-refractivity contribution is 7.19. The Labute approximate surface area is 166 Å². The van der Waals surface area contributed by atoms with E-state index < -0.39 is 11.9 Å². The number of benzene rings is 1. The molecule has 27 heavy (non-hydrogen) atoms. The van der Waals surface area contributed by atoms with Crippen LogP contribution in [0.15, 0.2) is 24.3 Å². The van der Waals surface area contributed by atoms with Gasteiger partial charge in [-0.2, -0.15) is 0 Å². The van der Waals surface area contributed by atoms with Gasteiger partial charge in [0, 0.05) is 25.2 Å². The van der Waals surface area contributed by atoms with Crippen LogP contribution in [-0.2, 0) is 4.79 Å². The molecule has 0 spiro atoms. The van der Waals surface area contributed by atoms with Gasteiger partial charge in [-0.1, -0.05) is 35.1 Å². The van der Waals surface area contributed by atoms with E-state index in [9.17, 15) is 9.59 Å². The van der Waals surface area contributed by atoms with E-state index in [-0.39, 0.29) is 17.9 Å². The molecule has 2 fully saturated rings. The molecule has 142 valence electrons. The van der Waals surface area contributed by atoms with Crippen LogP contribution in [0.3, 0.4) is 0 Å². The maximum atomic E-state index is 13.5. The van der Waals surface area contributed by atoms with E-state index in [4.69, 9.17) is 17.3 Å². The fourth-order valence-electron chi connectivity index (χ4n) is 4.24. The molecule has 2 amide bonds. The summed E-state index contributed by atoms with van der Waals surface area (Å²) in [6.45, 7) is 0. The number of anilines is 1. The standard InChI is InChI=1S/C19H21ClN4O2S/c1-23(2)19-22-14(16(27-19)11-4-3-5-12(20)8-11)18(26)24-13-7-6-10(9-13)15(24)17(21)25/h3-5,8,10,13,15H,6-7,9H2,1-2H3,(H2,21,25). The topological polar surface area (TPSA) is 79.5 Å². The molecule has 2 bridgehead atoms. The Bertz CT molecular complexity index is 913. The van der Waals surface area contributed by atoms with Gasteiger partial charge in [0.1, 0.15) is 11.7 Å². The molecule has 1 aliphatic heterocycles. The highest BCUT2D eigenvalue weighted by Gasteiger charge is 2.51. The molecule has 2 heterocycles. The van der Waals surface area contributed by atoms with Crippen molar-refractivity contribution >= 4 is 39.9 Å². The first kappa shape index (κ1) is 18.3. The van der Waals surface area contributed by atoms with Crippen LogP contribution in [0.2, 0.25) is 5.02 Å². The normalized spacial score (nSPS) is 23.7. The minimum atomic E-state index is -0.534. The van der Waals surface area contributed by atoms with Crippen molar-refractivity contribution in [2.45, 2.75) is 31.3 Å². The number of thiazole rings is 1. The highest BCUT2D eigenvalue weighted by Crippen LogP contribution is 2.44. The predicted molar refractivity (Wildman–Crippen MR) is 107 cm³/mol. The first-order valence-corrected chi connectivity index (χ1v) is 10.1. The van der Waals surface area contributed by atoms with Crippen molar-refractivity contribution in [3.63, 3.8) is 0 Å². The second kappa shape index (κ2) is 6.80. The number of primary amides is 1. The summed E-state index contributed by atoms with van der Waals surface area (Å²) < 4.78 is 0. The molecule has 1 saturated carbocycles. The van der Waals surface area contributed by atoms with Crippen molar-refractivity contribution < 1.29 is 9.59 Å². The zero-order valence-corrected chi connectivity index (χ0v) is 16.8. The van der Waals surface area contributed by atoms with Crippen molar-refractivity contribution in [1.29, 1.82) is 0 Å². The van der Waals surface area contributed by atoms with E-state index in [0.29, 0.717) is 10.7 Å². The number of halogens is 1. The van der Waals surface area contributed by atoms with Gasteiger partial charge in [0.15, 0.2) is 5.13 Å². The summed E-state index contributed by atoms with van der Waals surface area (Å²) in [4.78, 5) is 34.4. The van der Waals surface area contributed by atoms with E-state index >= 15 is 0 Å². The SMILES string of the molecule is CN(C)c1nc(C(=O)N2C3CCC(C3)C2C(N)=O)c(-c2cccc(Cl)c2)s1.